The van der Waals surface area contributed by atoms with E-state index in [2.05, 4.69) is 11.2 Å². The molecular formula is C11H16N2O2. The summed E-state index contributed by atoms with van der Waals surface area (Å²) in [6.07, 6.45) is 6.09. The lowest BCUT2D eigenvalue weighted by atomic mass is 10.2. The van der Waals surface area contributed by atoms with E-state index in [9.17, 15) is 9.59 Å². The van der Waals surface area contributed by atoms with Crippen LogP contribution in [0.4, 0.5) is 0 Å². The molecule has 1 rings (SSSR count). The van der Waals surface area contributed by atoms with E-state index in [-0.39, 0.29) is 24.3 Å². The Morgan fingerprint density at radius 3 is 2.87 bits per heavy atom. The second kappa shape index (κ2) is 4.94. The van der Waals surface area contributed by atoms with Crippen LogP contribution in [0.3, 0.4) is 0 Å². The number of terminal acetylenes is 1. The maximum atomic E-state index is 11.8. The van der Waals surface area contributed by atoms with E-state index in [0.717, 1.165) is 6.42 Å². The van der Waals surface area contributed by atoms with Crippen molar-refractivity contribution in [3.63, 3.8) is 0 Å². The van der Waals surface area contributed by atoms with Crippen molar-refractivity contribution < 1.29 is 9.59 Å². The number of hydrogen-bond acceptors (Lipinski definition) is 3. The van der Waals surface area contributed by atoms with Gasteiger partial charge in [0, 0.05) is 6.04 Å². The molecule has 0 aromatic heterocycles. The predicted molar refractivity (Wildman–Crippen MR) is 56.8 cm³/mol. The molecule has 1 heterocycles. The topological polar surface area (TPSA) is 49.4 Å². The number of amides is 2. The first-order valence-corrected chi connectivity index (χ1v) is 5.14. The van der Waals surface area contributed by atoms with Crippen molar-refractivity contribution in [3.05, 3.63) is 0 Å². The van der Waals surface area contributed by atoms with Gasteiger partial charge < -0.3 is 0 Å². The summed E-state index contributed by atoms with van der Waals surface area (Å²) < 4.78 is 0. The van der Waals surface area contributed by atoms with Crippen LogP contribution < -0.4 is 5.32 Å². The van der Waals surface area contributed by atoms with Gasteiger partial charge >= 0.3 is 0 Å². The standard InChI is InChI=1S/C11H16N2O2/c1-4-6-12-9-7-10(14)13(11(9)15)8(3)5-2/h1,8-9,12H,5-7H2,2-3H3. The van der Waals surface area contributed by atoms with Crippen molar-refractivity contribution in [1.82, 2.24) is 10.2 Å². The highest BCUT2D eigenvalue weighted by Gasteiger charge is 2.39. The van der Waals surface area contributed by atoms with Gasteiger partial charge in [-0.2, -0.15) is 0 Å². The first-order chi connectivity index (χ1) is 7.11. The van der Waals surface area contributed by atoms with E-state index < -0.39 is 6.04 Å². The lowest BCUT2D eigenvalue weighted by molar-refractivity contribution is -0.141. The quantitative estimate of drug-likeness (QED) is 0.528. The third kappa shape index (κ3) is 2.37. The number of carbonyl (C=O) groups is 2. The van der Waals surface area contributed by atoms with Crippen LogP contribution in [-0.2, 0) is 9.59 Å². The van der Waals surface area contributed by atoms with Crippen LogP contribution >= 0.6 is 0 Å². The third-order valence-electron chi connectivity index (χ3n) is 2.67. The van der Waals surface area contributed by atoms with Gasteiger partial charge in [-0.1, -0.05) is 12.8 Å². The van der Waals surface area contributed by atoms with Gasteiger partial charge in [-0.15, -0.1) is 6.42 Å². The average molecular weight is 208 g/mol. The summed E-state index contributed by atoms with van der Waals surface area (Å²) in [4.78, 5) is 24.7. The molecule has 15 heavy (non-hydrogen) atoms. The Morgan fingerprint density at radius 1 is 1.67 bits per heavy atom. The normalized spacial score (nSPS) is 23.0. The van der Waals surface area contributed by atoms with E-state index in [4.69, 9.17) is 6.42 Å². The monoisotopic (exact) mass is 208 g/mol. The highest BCUT2D eigenvalue weighted by atomic mass is 16.2. The van der Waals surface area contributed by atoms with Gasteiger partial charge in [-0.25, -0.2) is 0 Å². The Hall–Kier alpha value is -1.34. The first kappa shape index (κ1) is 11.7. The summed E-state index contributed by atoms with van der Waals surface area (Å²) >= 11 is 0. The van der Waals surface area contributed by atoms with Crippen molar-refractivity contribution >= 4 is 11.8 Å². The Balaban J connectivity index is 2.67. The third-order valence-corrected chi connectivity index (χ3v) is 2.67. The summed E-state index contributed by atoms with van der Waals surface area (Å²) in [5, 5.41) is 2.87. The summed E-state index contributed by atoms with van der Waals surface area (Å²) in [6, 6.07) is -0.454. The maximum absolute atomic E-state index is 11.8. The molecule has 0 spiro atoms. The number of nitrogens with zero attached hydrogens (tertiary/aromatic N) is 1. The molecule has 2 atom stereocenters. The SMILES string of the molecule is C#CCNC1CC(=O)N(C(C)CC)C1=O. The number of nitrogens with one attached hydrogen (secondary N) is 1. The van der Waals surface area contributed by atoms with Crippen molar-refractivity contribution in [2.45, 2.75) is 38.8 Å². The molecule has 1 fully saturated rings. The summed E-state index contributed by atoms with van der Waals surface area (Å²) in [5.41, 5.74) is 0. The molecule has 0 bridgehead atoms. The van der Waals surface area contributed by atoms with Crippen molar-refractivity contribution in [2.24, 2.45) is 0 Å². The van der Waals surface area contributed by atoms with E-state index in [1.807, 2.05) is 13.8 Å². The highest BCUT2D eigenvalue weighted by molar-refractivity contribution is 6.05. The second-order valence-electron chi connectivity index (χ2n) is 3.70. The van der Waals surface area contributed by atoms with Gasteiger partial charge in [-0.3, -0.25) is 19.8 Å². The van der Waals surface area contributed by atoms with Gasteiger partial charge in [0.1, 0.15) is 0 Å². The largest absolute Gasteiger partial charge is 0.295 e. The summed E-state index contributed by atoms with van der Waals surface area (Å²) in [5.74, 6) is 2.14. The van der Waals surface area contributed by atoms with Gasteiger partial charge in [-0.05, 0) is 13.3 Å². The molecule has 0 radical (unpaired) electrons. The first-order valence-electron chi connectivity index (χ1n) is 5.14. The zero-order valence-corrected chi connectivity index (χ0v) is 9.12. The minimum absolute atomic E-state index is 0.0253. The molecule has 0 saturated carbocycles. The molecule has 2 amide bonds. The van der Waals surface area contributed by atoms with E-state index in [1.165, 1.54) is 4.90 Å². The van der Waals surface area contributed by atoms with Crippen LogP contribution in [-0.4, -0.2) is 35.3 Å². The fraction of sp³-hybridized carbons (Fsp3) is 0.636. The Morgan fingerprint density at radius 2 is 2.33 bits per heavy atom. The molecule has 2 unspecified atom stereocenters. The molecule has 4 heteroatoms. The lowest BCUT2D eigenvalue weighted by Gasteiger charge is -2.21. The number of carbonyl (C=O) groups excluding carboxylic acids is 2. The Bertz CT molecular complexity index is 306. The molecule has 1 saturated heterocycles. The van der Waals surface area contributed by atoms with Crippen molar-refractivity contribution in [1.29, 1.82) is 0 Å². The summed E-state index contributed by atoms with van der Waals surface area (Å²) in [7, 11) is 0. The summed E-state index contributed by atoms with van der Waals surface area (Å²) in [6.45, 7) is 4.14. The Labute approximate surface area is 90.0 Å². The molecule has 1 aliphatic heterocycles. The fourth-order valence-electron chi connectivity index (χ4n) is 1.64. The van der Waals surface area contributed by atoms with E-state index >= 15 is 0 Å². The smallest absolute Gasteiger partial charge is 0.247 e. The van der Waals surface area contributed by atoms with Crippen molar-refractivity contribution in [2.75, 3.05) is 6.54 Å². The molecule has 0 aromatic carbocycles. The van der Waals surface area contributed by atoms with Gasteiger partial charge in [0.2, 0.25) is 11.8 Å². The molecule has 0 aliphatic carbocycles. The minimum Gasteiger partial charge on any atom is -0.295 e. The van der Waals surface area contributed by atoms with Crippen LogP contribution in [0.1, 0.15) is 26.7 Å². The molecule has 0 aromatic rings. The Kier molecular flexibility index (Phi) is 3.87. The fourth-order valence-corrected chi connectivity index (χ4v) is 1.64. The number of likely N-dealkylation sites (tertiary alicyclic amines) is 1. The van der Waals surface area contributed by atoms with E-state index in [1.54, 1.807) is 0 Å². The predicted octanol–water partition coefficient (Wildman–Crippen LogP) is 0.135. The molecule has 1 N–H and O–H groups in total. The zero-order valence-electron chi connectivity index (χ0n) is 9.12. The van der Waals surface area contributed by atoms with Crippen LogP contribution in [0.15, 0.2) is 0 Å². The number of imide groups is 1. The zero-order chi connectivity index (χ0) is 11.4. The van der Waals surface area contributed by atoms with E-state index in [0.29, 0.717) is 6.54 Å². The van der Waals surface area contributed by atoms with Crippen LogP contribution in [0, 0.1) is 12.3 Å². The molecule has 82 valence electrons. The van der Waals surface area contributed by atoms with Crippen LogP contribution in [0.2, 0.25) is 0 Å². The average Bonchev–Trinajstić information content (AvgIpc) is 2.50. The molecule has 1 aliphatic rings. The van der Waals surface area contributed by atoms with Gasteiger partial charge in [0.05, 0.1) is 19.0 Å². The molecule has 4 nitrogen and oxygen atoms in total. The van der Waals surface area contributed by atoms with Crippen LogP contribution in [0.5, 0.6) is 0 Å². The van der Waals surface area contributed by atoms with Crippen molar-refractivity contribution in [3.8, 4) is 12.3 Å². The lowest BCUT2D eigenvalue weighted by Crippen LogP contribution is -2.42. The van der Waals surface area contributed by atoms with Gasteiger partial charge in [0.25, 0.3) is 0 Å². The van der Waals surface area contributed by atoms with Gasteiger partial charge in [0.15, 0.2) is 0 Å². The number of rotatable bonds is 4. The highest BCUT2D eigenvalue weighted by Crippen LogP contribution is 2.17. The minimum atomic E-state index is -0.428. The molecular weight excluding hydrogens is 192 g/mol. The maximum Gasteiger partial charge on any atom is 0.247 e. The second-order valence-corrected chi connectivity index (χ2v) is 3.70. The van der Waals surface area contributed by atoms with Crippen LogP contribution in [0.25, 0.3) is 0 Å². The number of hydrogen-bond donors (Lipinski definition) is 1.